The Labute approximate surface area is 146 Å². The number of ether oxygens (including phenoxy) is 2. The van der Waals surface area contributed by atoms with Gasteiger partial charge in [0.2, 0.25) is 0 Å². The highest BCUT2D eigenvalue weighted by molar-refractivity contribution is 7.18. The minimum Gasteiger partial charge on any atom is -0.462 e. The van der Waals surface area contributed by atoms with E-state index in [-0.39, 0.29) is 39.9 Å². The molecule has 2 rings (SSSR count). The molecular weight excluding hydrogens is 354 g/mol. The summed E-state index contributed by atoms with van der Waals surface area (Å²) < 4.78 is 10.1. The van der Waals surface area contributed by atoms with Gasteiger partial charge in [-0.25, -0.2) is 14.6 Å². The molecule has 0 saturated heterocycles. The van der Waals surface area contributed by atoms with Crippen molar-refractivity contribution in [2.24, 2.45) is 0 Å². The third kappa shape index (κ3) is 3.82. The second kappa shape index (κ2) is 7.77. The van der Waals surface area contributed by atoms with E-state index in [1.165, 1.54) is 18.3 Å². The number of nitrogens with zero attached hydrogens (tertiary/aromatic N) is 2. The zero-order valence-electron chi connectivity index (χ0n) is 12.5. The van der Waals surface area contributed by atoms with Crippen LogP contribution in [0.2, 0.25) is 5.02 Å². The molecule has 24 heavy (non-hydrogen) atoms. The van der Waals surface area contributed by atoms with E-state index in [0.29, 0.717) is 5.02 Å². The third-order valence-corrected chi connectivity index (χ3v) is 4.16. The maximum Gasteiger partial charge on any atom is 0.357 e. The van der Waals surface area contributed by atoms with Gasteiger partial charge in [0.25, 0.3) is 0 Å². The van der Waals surface area contributed by atoms with E-state index in [2.05, 4.69) is 4.98 Å². The molecule has 0 aliphatic heterocycles. The van der Waals surface area contributed by atoms with Crippen LogP contribution in [0.25, 0.3) is 0 Å². The summed E-state index contributed by atoms with van der Waals surface area (Å²) in [6, 6.07) is 4.77. The largest absolute Gasteiger partial charge is 0.462 e. The lowest BCUT2D eigenvalue weighted by Crippen LogP contribution is -2.11. The first-order valence-corrected chi connectivity index (χ1v) is 7.94. The molecule has 0 atom stereocenters. The zero-order valence-corrected chi connectivity index (χ0v) is 14.1. The molecule has 7 nitrogen and oxygen atoms in total. The predicted octanol–water partition coefficient (Wildman–Crippen LogP) is 2.78. The van der Waals surface area contributed by atoms with Crippen molar-refractivity contribution in [3.8, 4) is 6.07 Å². The lowest BCUT2D eigenvalue weighted by molar-refractivity contribution is 0.0447. The van der Waals surface area contributed by atoms with Gasteiger partial charge in [-0.1, -0.05) is 11.6 Å². The molecule has 2 N–H and O–H groups in total. The van der Waals surface area contributed by atoms with Gasteiger partial charge in [-0.05, 0) is 19.1 Å². The van der Waals surface area contributed by atoms with Crippen LogP contribution in [-0.4, -0.2) is 23.5 Å². The fourth-order valence-corrected chi connectivity index (χ4v) is 2.91. The molecule has 0 aliphatic rings. The minimum atomic E-state index is -0.735. The number of rotatable bonds is 5. The van der Waals surface area contributed by atoms with E-state index in [1.807, 2.05) is 6.07 Å². The van der Waals surface area contributed by atoms with Crippen LogP contribution in [0.4, 0.5) is 5.00 Å². The van der Waals surface area contributed by atoms with Crippen molar-refractivity contribution >= 4 is 39.9 Å². The summed E-state index contributed by atoms with van der Waals surface area (Å²) in [6.07, 6.45) is 1.37. The molecule has 0 amide bonds. The number of nitriles is 1. The van der Waals surface area contributed by atoms with Crippen LogP contribution in [-0.2, 0) is 16.1 Å². The number of hydrogen-bond donors (Lipinski definition) is 1. The highest BCUT2D eigenvalue weighted by Crippen LogP contribution is 2.32. The topological polar surface area (TPSA) is 115 Å². The molecule has 0 radical (unpaired) electrons. The normalized spacial score (nSPS) is 10.0. The first kappa shape index (κ1) is 17.7. The van der Waals surface area contributed by atoms with Crippen LogP contribution in [0.5, 0.6) is 0 Å². The van der Waals surface area contributed by atoms with Crippen molar-refractivity contribution in [2.75, 3.05) is 12.3 Å². The summed E-state index contributed by atoms with van der Waals surface area (Å²) in [5, 5.41) is 9.69. The molecule has 0 aliphatic carbocycles. The molecule has 2 aromatic heterocycles. The van der Waals surface area contributed by atoms with Gasteiger partial charge in [-0.15, -0.1) is 11.3 Å². The van der Waals surface area contributed by atoms with Crippen molar-refractivity contribution < 1.29 is 19.1 Å². The number of thiophene rings is 1. The number of esters is 2. The zero-order chi connectivity index (χ0) is 17.7. The van der Waals surface area contributed by atoms with Gasteiger partial charge in [0, 0.05) is 16.8 Å². The first-order valence-electron chi connectivity index (χ1n) is 6.75. The summed E-state index contributed by atoms with van der Waals surface area (Å²) >= 11 is 6.71. The molecule has 0 aromatic carbocycles. The van der Waals surface area contributed by atoms with Crippen LogP contribution in [0.1, 0.15) is 38.2 Å². The second-order valence-electron chi connectivity index (χ2n) is 4.42. The smallest absolute Gasteiger partial charge is 0.357 e. The van der Waals surface area contributed by atoms with E-state index >= 15 is 0 Å². The summed E-state index contributed by atoms with van der Waals surface area (Å²) in [7, 11) is 0. The maximum absolute atomic E-state index is 12.0. The maximum atomic E-state index is 12.0. The third-order valence-electron chi connectivity index (χ3n) is 2.89. The number of halogens is 1. The van der Waals surface area contributed by atoms with Gasteiger partial charge in [0.05, 0.1) is 12.2 Å². The van der Waals surface area contributed by atoms with E-state index in [0.717, 1.165) is 11.3 Å². The SMILES string of the molecule is CCOC(=O)c1sc(N)c(C#N)c1COC(=O)c1cc(Cl)ccn1. The Balaban J connectivity index is 2.24. The van der Waals surface area contributed by atoms with Gasteiger partial charge < -0.3 is 15.2 Å². The van der Waals surface area contributed by atoms with Crippen molar-refractivity contribution in [3.05, 3.63) is 45.1 Å². The van der Waals surface area contributed by atoms with Crippen molar-refractivity contribution in [3.63, 3.8) is 0 Å². The number of anilines is 1. The summed E-state index contributed by atoms with van der Waals surface area (Å²) in [5.41, 5.74) is 6.07. The first-order chi connectivity index (χ1) is 11.5. The molecule has 0 fully saturated rings. The summed E-state index contributed by atoms with van der Waals surface area (Å²) in [5.74, 6) is -1.36. The molecule has 0 bridgehead atoms. The van der Waals surface area contributed by atoms with Crippen LogP contribution in [0.3, 0.4) is 0 Å². The summed E-state index contributed by atoms with van der Waals surface area (Å²) in [4.78, 5) is 28.0. The van der Waals surface area contributed by atoms with Gasteiger partial charge in [-0.2, -0.15) is 5.26 Å². The van der Waals surface area contributed by atoms with E-state index < -0.39 is 11.9 Å². The van der Waals surface area contributed by atoms with Crippen molar-refractivity contribution in [1.82, 2.24) is 4.98 Å². The number of aromatic nitrogens is 1. The van der Waals surface area contributed by atoms with Crippen molar-refractivity contribution in [1.29, 1.82) is 5.26 Å². The number of nitrogens with two attached hydrogens (primary N) is 1. The Morgan fingerprint density at radius 1 is 1.42 bits per heavy atom. The number of hydrogen-bond acceptors (Lipinski definition) is 8. The number of carbonyl (C=O) groups excluding carboxylic acids is 2. The van der Waals surface area contributed by atoms with Crippen LogP contribution in [0, 0.1) is 11.3 Å². The number of nitrogen functional groups attached to an aromatic ring is 1. The molecule has 9 heteroatoms. The van der Waals surface area contributed by atoms with E-state index in [9.17, 15) is 14.9 Å². The van der Waals surface area contributed by atoms with Gasteiger partial charge in [0.15, 0.2) is 0 Å². The van der Waals surface area contributed by atoms with E-state index in [1.54, 1.807) is 6.92 Å². The monoisotopic (exact) mass is 365 g/mol. The fourth-order valence-electron chi connectivity index (χ4n) is 1.83. The highest BCUT2D eigenvalue weighted by atomic mass is 35.5. The Hall–Kier alpha value is -2.63. The molecular formula is C15H12ClN3O4S. The van der Waals surface area contributed by atoms with Crippen LogP contribution < -0.4 is 5.73 Å². The molecule has 2 heterocycles. The minimum absolute atomic E-state index is 0.0156. The van der Waals surface area contributed by atoms with Crippen LogP contribution in [0.15, 0.2) is 18.3 Å². The number of carbonyl (C=O) groups is 2. The van der Waals surface area contributed by atoms with Gasteiger partial charge in [-0.3, -0.25) is 0 Å². The predicted molar refractivity (Wildman–Crippen MR) is 87.8 cm³/mol. The molecule has 0 spiro atoms. The van der Waals surface area contributed by atoms with Crippen LogP contribution >= 0.6 is 22.9 Å². The van der Waals surface area contributed by atoms with E-state index in [4.69, 9.17) is 26.8 Å². The fraction of sp³-hybridized carbons (Fsp3) is 0.200. The van der Waals surface area contributed by atoms with Gasteiger partial charge >= 0.3 is 11.9 Å². The lowest BCUT2D eigenvalue weighted by atomic mass is 10.1. The highest BCUT2D eigenvalue weighted by Gasteiger charge is 2.24. The van der Waals surface area contributed by atoms with Crippen molar-refractivity contribution in [2.45, 2.75) is 13.5 Å². The Morgan fingerprint density at radius 3 is 2.79 bits per heavy atom. The Morgan fingerprint density at radius 2 is 2.17 bits per heavy atom. The average Bonchev–Trinajstić information content (AvgIpc) is 2.88. The second-order valence-corrected chi connectivity index (χ2v) is 5.91. The van der Waals surface area contributed by atoms with Gasteiger partial charge in [0.1, 0.15) is 28.2 Å². The number of pyridine rings is 1. The lowest BCUT2D eigenvalue weighted by Gasteiger charge is -2.06. The molecule has 2 aromatic rings. The molecule has 0 saturated carbocycles. The molecule has 0 unspecified atom stereocenters. The Bertz CT molecular complexity index is 829. The standard InChI is InChI=1S/C15H12ClN3O4S/c1-2-22-15(21)12-10(9(6-17)13(18)24-12)7-23-14(20)11-5-8(16)3-4-19-11/h3-5H,2,7,18H2,1H3. The molecule has 124 valence electrons. The summed E-state index contributed by atoms with van der Waals surface area (Å²) in [6.45, 7) is 1.52. The average molecular weight is 366 g/mol. The Kier molecular flexibility index (Phi) is 5.73. The quantitative estimate of drug-likeness (QED) is 0.810.